The lowest BCUT2D eigenvalue weighted by molar-refractivity contribution is 0.278. The van der Waals surface area contributed by atoms with Gasteiger partial charge in [-0.25, -0.2) is 0 Å². The highest BCUT2D eigenvalue weighted by Crippen LogP contribution is 2.10. The lowest BCUT2D eigenvalue weighted by Gasteiger charge is -2.20. The van der Waals surface area contributed by atoms with Crippen LogP contribution in [0.25, 0.3) is 0 Å². The Labute approximate surface area is 150 Å². The first kappa shape index (κ1) is 20.2. The Morgan fingerprint density at radius 1 is 0.458 bits per heavy atom. The van der Waals surface area contributed by atoms with E-state index in [1.807, 2.05) is 0 Å². The molecule has 0 aliphatic carbocycles. The van der Waals surface area contributed by atoms with Gasteiger partial charge in [-0.15, -0.1) is 0 Å². The van der Waals surface area contributed by atoms with Gasteiger partial charge in [0.2, 0.25) is 0 Å². The number of rotatable bonds is 11. The number of nitrogens with one attached hydrogen (secondary N) is 2. The highest BCUT2D eigenvalue weighted by atomic mass is 15.1. The smallest absolute Gasteiger partial charge is 0.00767 e. The van der Waals surface area contributed by atoms with Crippen LogP contribution in [0.4, 0.5) is 0 Å². The van der Waals surface area contributed by atoms with E-state index in [4.69, 9.17) is 0 Å². The average molecular weight is 339 g/mol. The molecule has 2 aliphatic rings. The van der Waals surface area contributed by atoms with Gasteiger partial charge in [0.1, 0.15) is 0 Å². The summed E-state index contributed by atoms with van der Waals surface area (Å²) in [7, 11) is 0. The third-order valence-corrected chi connectivity index (χ3v) is 5.53. The van der Waals surface area contributed by atoms with Gasteiger partial charge in [-0.3, -0.25) is 0 Å². The molecule has 4 heteroatoms. The predicted octanol–water partition coefficient (Wildman–Crippen LogP) is 2.70. The van der Waals surface area contributed by atoms with Crippen molar-refractivity contribution in [1.82, 2.24) is 20.4 Å². The summed E-state index contributed by atoms with van der Waals surface area (Å²) in [5, 5.41) is 7.18. The van der Waals surface area contributed by atoms with Gasteiger partial charge in [0.25, 0.3) is 0 Å². The molecular formula is C20H42N4. The van der Waals surface area contributed by atoms with Crippen molar-refractivity contribution in [3.05, 3.63) is 0 Å². The van der Waals surface area contributed by atoms with Crippen molar-refractivity contribution in [3.8, 4) is 0 Å². The van der Waals surface area contributed by atoms with Gasteiger partial charge in [0, 0.05) is 13.1 Å². The van der Waals surface area contributed by atoms with Crippen LogP contribution in [-0.4, -0.2) is 75.2 Å². The topological polar surface area (TPSA) is 30.5 Å². The molecular weight excluding hydrogens is 296 g/mol. The summed E-state index contributed by atoms with van der Waals surface area (Å²) in [5.74, 6) is 0. The molecule has 0 aromatic carbocycles. The second kappa shape index (κ2) is 14.1. The zero-order chi connectivity index (χ0) is 16.7. The molecule has 0 atom stereocenters. The van der Waals surface area contributed by atoms with Crippen LogP contribution in [0.5, 0.6) is 0 Å². The second-order valence-corrected chi connectivity index (χ2v) is 7.72. The number of hydrogen-bond acceptors (Lipinski definition) is 4. The molecule has 4 nitrogen and oxygen atoms in total. The molecule has 2 saturated heterocycles. The normalized spacial score (nSPS) is 21.5. The van der Waals surface area contributed by atoms with E-state index in [0.717, 1.165) is 13.1 Å². The minimum atomic E-state index is 1.11. The molecule has 2 heterocycles. The predicted molar refractivity (Wildman–Crippen MR) is 105 cm³/mol. The summed E-state index contributed by atoms with van der Waals surface area (Å²) in [6, 6.07) is 0. The highest BCUT2D eigenvalue weighted by molar-refractivity contribution is 4.65. The van der Waals surface area contributed by atoms with E-state index < -0.39 is 0 Å². The zero-order valence-electron chi connectivity index (χ0n) is 16.0. The van der Waals surface area contributed by atoms with E-state index in [1.54, 1.807) is 0 Å². The molecule has 0 radical (unpaired) electrons. The second-order valence-electron chi connectivity index (χ2n) is 7.72. The van der Waals surface area contributed by atoms with Crippen molar-refractivity contribution in [2.45, 2.75) is 64.2 Å². The van der Waals surface area contributed by atoms with Crippen LogP contribution in [0.1, 0.15) is 64.2 Å². The fourth-order valence-corrected chi connectivity index (χ4v) is 4.00. The van der Waals surface area contributed by atoms with Crippen molar-refractivity contribution < 1.29 is 0 Å². The third-order valence-electron chi connectivity index (χ3n) is 5.53. The Balaban J connectivity index is 1.31. The SMILES string of the molecule is C1CCCN(CCCNCCNCCCN2CCCCCC2)CC1. The Bertz CT molecular complexity index is 241. The largest absolute Gasteiger partial charge is 0.315 e. The summed E-state index contributed by atoms with van der Waals surface area (Å²) in [6.45, 7) is 12.5. The van der Waals surface area contributed by atoms with Crippen LogP contribution in [0, 0.1) is 0 Å². The van der Waals surface area contributed by atoms with Gasteiger partial charge in [-0.1, -0.05) is 25.7 Å². The number of likely N-dealkylation sites (tertiary alicyclic amines) is 2. The average Bonchev–Trinajstić information content (AvgIpc) is 3.01. The lowest BCUT2D eigenvalue weighted by atomic mass is 10.2. The minimum Gasteiger partial charge on any atom is -0.315 e. The maximum Gasteiger partial charge on any atom is 0.00767 e. The lowest BCUT2D eigenvalue weighted by Crippen LogP contribution is -2.33. The van der Waals surface area contributed by atoms with Crippen LogP contribution in [0.2, 0.25) is 0 Å². The van der Waals surface area contributed by atoms with Gasteiger partial charge in [-0.2, -0.15) is 0 Å². The van der Waals surface area contributed by atoms with Crippen LogP contribution in [0.15, 0.2) is 0 Å². The van der Waals surface area contributed by atoms with E-state index in [9.17, 15) is 0 Å². The molecule has 0 amide bonds. The number of nitrogens with zero attached hydrogens (tertiary/aromatic N) is 2. The van der Waals surface area contributed by atoms with E-state index in [0.29, 0.717) is 0 Å². The first-order valence-electron chi connectivity index (χ1n) is 10.8. The molecule has 2 aliphatic heterocycles. The van der Waals surface area contributed by atoms with Crippen molar-refractivity contribution in [3.63, 3.8) is 0 Å². The quantitative estimate of drug-likeness (QED) is 0.567. The van der Waals surface area contributed by atoms with Crippen LogP contribution in [0.3, 0.4) is 0 Å². The molecule has 2 N–H and O–H groups in total. The molecule has 24 heavy (non-hydrogen) atoms. The summed E-state index contributed by atoms with van der Waals surface area (Å²) in [4.78, 5) is 5.32. The maximum absolute atomic E-state index is 3.59. The van der Waals surface area contributed by atoms with Crippen molar-refractivity contribution in [2.75, 3.05) is 65.4 Å². The van der Waals surface area contributed by atoms with Gasteiger partial charge in [0.05, 0.1) is 0 Å². The third kappa shape index (κ3) is 9.97. The molecule has 2 rings (SSSR count). The van der Waals surface area contributed by atoms with E-state index in [2.05, 4.69) is 20.4 Å². The molecule has 0 aromatic rings. The van der Waals surface area contributed by atoms with Gasteiger partial charge in [-0.05, 0) is 90.9 Å². The Morgan fingerprint density at radius 3 is 1.21 bits per heavy atom. The highest BCUT2D eigenvalue weighted by Gasteiger charge is 2.08. The minimum absolute atomic E-state index is 1.11. The molecule has 0 bridgehead atoms. The Kier molecular flexibility index (Phi) is 11.8. The fourth-order valence-electron chi connectivity index (χ4n) is 4.00. The maximum atomic E-state index is 3.59. The Hall–Kier alpha value is -0.160. The molecule has 142 valence electrons. The van der Waals surface area contributed by atoms with Crippen LogP contribution >= 0.6 is 0 Å². The number of hydrogen-bond donors (Lipinski definition) is 2. The van der Waals surface area contributed by atoms with Crippen molar-refractivity contribution in [1.29, 1.82) is 0 Å². The first-order chi connectivity index (χ1) is 11.9. The van der Waals surface area contributed by atoms with Gasteiger partial charge in [0.15, 0.2) is 0 Å². The molecule has 0 aromatic heterocycles. The summed E-state index contributed by atoms with van der Waals surface area (Å²) in [5.41, 5.74) is 0. The van der Waals surface area contributed by atoms with Gasteiger partial charge >= 0.3 is 0 Å². The standard InChI is InChI=1S/C20H42N4/c1-2-6-16-23(15-5-1)19-9-11-21-13-14-22-12-10-20-24-17-7-3-4-8-18-24/h21-22H,1-20H2. The molecule has 0 saturated carbocycles. The van der Waals surface area contributed by atoms with Crippen LogP contribution in [-0.2, 0) is 0 Å². The first-order valence-corrected chi connectivity index (χ1v) is 10.8. The van der Waals surface area contributed by atoms with Crippen molar-refractivity contribution in [2.24, 2.45) is 0 Å². The van der Waals surface area contributed by atoms with Gasteiger partial charge < -0.3 is 20.4 Å². The van der Waals surface area contributed by atoms with E-state index in [-0.39, 0.29) is 0 Å². The monoisotopic (exact) mass is 338 g/mol. The molecule has 0 unspecified atom stereocenters. The summed E-state index contributed by atoms with van der Waals surface area (Å²) >= 11 is 0. The fraction of sp³-hybridized carbons (Fsp3) is 1.00. The summed E-state index contributed by atoms with van der Waals surface area (Å²) < 4.78 is 0. The van der Waals surface area contributed by atoms with Crippen molar-refractivity contribution >= 4 is 0 Å². The zero-order valence-corrected chi connectivity index (χ0v) is 16.0. The van der Waals surface area contributed by atoms with Crippen LogP contribution < -0.4 is 10.6 Å². The molecule has 0 spiro atoms. The van der Waals surface area contributed by atoms with E-state index >= 15 is 0 Å². The van der Waals surface area contributed by atoms with E-state index in [1.165, 1.54) is 117 Å². The summed E-state index contributed by atoms with van der Waals surface area (Å²) in [6.07, 6.45) is 14.0. The Morgan fingerprint density at radius 2 is 0.833 bits per heavy atom. The molecule has 2 fully saturated rings.